The number of aryl methyl sites for hydroxylation is 1. The highest BCUT2D eigenvalue weighted by Gasteiger charge is 2.18. The van der Waals surface area contributed by atoms with Gasteiger partial charge in [0.2, 0.25) is 0 Å². The van der Waals surface area contributed by atoms with Crippen molar-refractivity contribution in [1.82, 2.24) is 0 Å². The van der Waals surface area contributed by atoms with Crippen LogP contribution in [0, 0.1) is 6.92 Å². The lowest BCUT2D eigenvalue weighted by Crippen LogP contribution is -2.32. The predicted octanol–water partition coefficient (Wildman–Crippen LogP) is 3.80. The second-order valence-corrected chi connectivity index (χ2v) is 5.05. The summed E-state index contributed by atoms with van der Waals surface area (Å²) in [6.45, 7) is 3.93. The van der Waals surface area contributed by atoms with E-state index in [9.17, 15) is 4.79 Å². The number of anilines is 1. The van der Waals surface area contributed by atoms with Gasteiger partial charge in [0.15, 0.2) is 6.10 Å². The molecule has 0 heterocycles. The third-order valence-electron chi connectivity index (χ3n) is 3.32. The molecule has 2 aromatic rings. The van der Waals surface area contributed by atoms with Crippen LogP contribution in [-0.4, -0.2) is 19.1 Å². The van der Waals surface area contributed by atoms with Crippen LogP contribution in [0.4, 0.5) is 5.69 Å². The van der Waals surface area contributed by atoms with Gasteiger partial charge in [-0.1, -0.05) is 24.6 Å². The topological polar surface area (TPSA) is 47.6 Å². The van der Waals surface area contributed by atoms with Gasteiger partial charge in [-0.2, -0.15) is 0 Å². The molecule has 4 heteroatoms. The first kappa shape index (κ1) is 15.9. The molecule has 1 amide bonds. The Morgan fingerprint density at radius 3 is 2.18 bits per heavy atom. The zero-order chi connectivity index (χ0) is 15.9. The van der Waals surface area contributed by atoms with Gasteiger partial charge in [-0.25, -0.2) is 0 Å². The fourth-order valence-electron chi connectivity index (χ4n) is 2.00. The monoisotopic (exact) mass is 299 g/mol. The molecule has 0 bridgehead atoms. The van der Waals surface area contributed by atoms with E-state index in [0.717, 1.165) is 17.0 Å². The highest BCUT2D eigenvalue weighted by atomic mass is 16.5. The molecule has 1 atom stereocenters. The number of methoxy groups -OCH3 is 1. The molecule has 2 rings (SSSR count). The van der Waals surface area contributed by atoms with E-state index in [1.807, 2.05) is 38.1 Å². The largest absolute Gasteiger partial charge is 0.497 e. The first-order valence-electron chi connectivity index (χ1n) is 7.30. The molecule has 0 unspecified atom stereocenters. The van der Waals surface area contributed by atoms with Crippen molar-refractivity contribution >= 4 is 11.6 Å². The van der Waals surface area contributed by atoms with Crippen LogP contribution in [0.5, 0.6) is 11.5 Å². The fourth-order valence-corrected chi connectivity index (χ4v) is 2.00. The number of rotatable bonds is 6. The molecule has 0 aromatic heterocycles. The minimum Gasteiger partial charge on any atom is -0.497 e. The summed E-state index contributed by atoms with van der Waals surface area (Å²) in [5.41, 5.74) is 1.87. The van der Waals surface area contributed by atoms with Crippen LogP contribution < -0.4 is 14.8 Å². The molecule has 0 saturated carbocycles. The second kappa shape index (κ2) is 7.50. The Morgan fingerprint density at radius 2 is 1.64 bits per heavy atom. The Morgan fingerprint density at radius 1 is 1.05 bits per heavy atom. The van der Waals surface area contributed by atoms with Gasteiger partial charge in [0.1, 0.15) is 11.5 Å². The van der Waals surface area contributed by atoms with Gasteiger partial charge in [-0.15, -0.1) is 0 Å². The molecule has 116 valence electrons. The Kier molecular flexibility index (Phi) is 5.42. The molecule has 22 heavy (non-hydrogen) atoms. The van der Waals surface area contributed by atoms with Gasteiger partial charge < -0.3 is 14.8 Å². The van der Waals surface area contributed by atoms with E-state index in [-0.39, 0.29) is 5.91 Å². The molecule has 0 saturated heterocycles. The van der Waals surface area contributed by atoms with Gasteiger partial charge >= 0.3 is 0 Å². The summed E-state index contributed by atoms with van der Waals surface area (Å²) in [5.74, 6) is 1.29. The lowest BCUT2D eigenvalue weighted by molar-refractivity contribution is -0.122. The van der Waals surface area contributed by atoms with Crippen molar-refractivity contribution < 1.29 is 14.3 Å². The summed E-state index contributed by atoms with van der Waals surface area (Å²) in [6, 6.07) is 14.9. The zero-order valence-corrected chi connectivity index (χ0v) is 13.1. The predicted molar refractivity (Wildman–Crippen MR) is 87.5 cm³/mol. The van der Waals surface area contributed by atoms with Crippen LogP contribution in [-0.2, 0) is 4.79 Å². The van der Waals surface area contributed by atoms with Crippen LogP contribution in [0.3, 0.4) is 0 Å². The van der Waals surface area contributed by atoms with E-state index < -0.39 is 6.10 Å². The molecule has 0 spiro atoms. The zero-order valence-electron chi connectivity index (χ0n) is 13.1. The number of hydrogen-bond donors (Lipinski definition) is 1. The average molecular weight is 299 g/mol. The van der Waals surface area contributed by atoms with Crippen molar-refractivity contribution in [2.45, 2.75) is 26.4 Å². The molecule has 0 fully saturated rings. The minimum absolute atomic E-state index is 0.159. The van der Waals surface area contributed by atoms with E-state index in [1.54, 1.807) is 31.4 Å². The normalized spacial score (nSPS) is 11.6. The van der Waals surface area contributed by atoms with Crippen LogP contribution in [0.1, 0.15) is 18.9 Å². The van der Waals surface area contributed by atoms with Crippen molar-refractivity contribution in [3.05, 3.63) is 54.1 Å². The van der Waals surface area contributed by atoms with Gasteiger partial charge in [0.05, 0.1) is 7.11 Å². The summed E-state index contributed by atoms with van der Waals surface area (Å²) in [7, 11) is 1.61. The van der Waals surface area contributed by atoms with E-state index in [4.69, 9.17) is 9.47 Å². The van der Waals surface area contributed by atoms with Gasteiger partial charge in [-0.05, 0) is 49.7 Å². The smallest absolute Gasteiger partial charge is 0.265 e. The molecule has 0 radical (unpaired) electrons. The number of carbonyl (C=O) groups excluding carboxylic acids is 1. The number of hydrogen-bond acceptors (Lipinski definition) is 3. The fraction of sp³-hybridized carbons (Fsp3) is 0.278. The number of benzene rings is 2. The van der Waals surface area contributed by atoms with E-state index in [1.165, 1.54) is 0 Å². The minimum atomic E-state index is -0.523. The van der Waals surface area contributed by atoms with Crippen LogP contribution in [0.25, 0.3) is 0 Å². The van der Waals surface area contributed by atoms with Crippen molar-refractivity contribution in [1.29, 1.82) is 0 Å². The van der Waals surface area contributed by atoms with Gasteiger partial charge in [0.25, 0.3) is 5.91 Å². The standard InChI is InChI=1S/C18H21NO3/c1-4-17(22-16-9-5-13(2)6-10-16)18(20)19-14-7-11-15(21-3)12-8-14/h5-12,17H,4H2,1-3H3,(H,19,20)/t17-/m0/s1. The number of carbonyl (C=O) groups is 1. The Labute approximate surface area is 131 Å². The average Bonchev–Trinajstić information content (AvgIpc) is 2.55. The van der Waals surface area contributed by atoms with Crippen molar-refractivity contribution in [2.75, 3.05) is 12.4 Å². The summed E-state index contributed by atoms with van der Waals surface area (Å²) >= 11 is 0. The third-order valence-corrected chi connectivity index (χ3v) is 3.32. The van der Waals surface area contributed by atoms with E-state index in [0.29, 0.717) is 12.2 Å². The Bertz CT molecular complexity index is 605. The van der Waals surface area contributed by atoms with Crippen LogP contribution in [0.15, 0.2) is 48.5 Å². The summed E-state index contributed by atoms with van der Waals surface area (Å²) in [5, 5.41) is 2.86. The maximum absolute atomic E-state index is 12.3. The van der Waals surface area contributed by atoms with Crippen molar-refractivity contribution in [2.24, 2.45) is 0 Å². The maximum Gasteiger partial charge on any atom is 0.265 e. The highest BCUT2D eigenvalue weighted by Crippen LogP contribution is 2.18. The highest BCUT2D eigenvalue weighted by molar-refractivity contribution is 5.94. The molecule has 4 nitrogen and oxygen atoms in total. The first-order valence-corrected chi connectivity index (χ1v) is 7.30. The van der Waals surface area contributed by atoms with Crippen LogP contribution >= 0.6 is 0 Å². The Balaban J connectivity index is 1.99. The molecule has 0 aliphatic rings. The molecular weight excluding hydrogens is 278 g/mol. The number of amides is 1. The van der Waals surface area contributed by atoms with Crippen molar-refractivity contribution in [3.63, 3.8) is 0 Å². The second-order valence-electron chi connectivity index (χ2n) is 5.05. The molecule has 1 N–H and O–H groups in total. The van der Waals surface area contributed by atoms with E-state index >= 15 is 0 Å². The third kappa shape index (κ3) is 4.25. The van der Waals surface area contributed by atoms with E-state index in [2.05, 4.69) is 5.32 Å². The van der Waals surface area contributed by atoms with Crippen molar-refractivity contribution in [3.8, 4) is 11.5 Å². The summed E-state index contributed by atoms with van der Waals surface area (Å²) < 4.78 is 10.9. The maximum atomic E-state index is 12.3. The lowest BCUT2D eigenvalue weighted by Gasteiger charge is -2.17. The SMILES string of the molecule is CC[C@H](Oc1ccc(C)cc1)C(=O)Nc1ccc(OC)cc1. The molecular formula is C18H21NO3. The lowest BCUT2D eigenvalue weighted by atomic mass is 10.2. The quantitative estimate of drug-likeness (QED) is 0.882. The van der Waals surface area contributed by atoms with Gasteiger partial charge in [0, 0.05) is 5.69 Å². The summed E-state index contributed by atoms with van der Waals surface area (Å²) in [4.78, 5) is 12.3. The molecule has 0 aliphatic carbocycles. The number of nitrogens with one attached hydrogen (secondary N) is 1. The number of ether oxygens (including phenoxy) is 2. The van der Waals surface area contributed by atoms with Gasteiger partial charge in [-0.3, -0.25) is 4.79 Å². The van der Waals surface area contributed by atoms with Crippen LogP contribution in [0.2, 0.25) is 0 Å². The first-order chi connectivity index (χ1) is 10.6. The summed E-state index contributed by atoms with van der Waals surface area (Å²) in [6.07, 6.45) is 0.0698. The molecule has 0 aliphatic heterocycles. The Hall–Kier alpha value is -2.49. The molecule has 2 aromatic carbocycles.